The molecule has 1 amide bonds. The summed E-state index contributed by atoms with van der Waals surface area (Å²) in [5.41, 5.74) is 3.03. The molecule has 0 atom stereocenters. The summed E-state index contributed by atoms with van der Waals surface area (Å²) in [4.78, 5) is 11.9. The Morgan fingerprint density at radius 2 is 1.42 bits per heavy atom. The Hall–Kier alpha value is -2.04. The van der Waals surface area contributed by atoms with Crippen LogP contribution in [-0.2, 0) is 4.79 Å². The Labute approximate surface area is 189 Å². The van der Waals surface area contributed by atoms with Gasteiger partial charge in [0.25, 0.3) is 0 Å². The maximum Gasteiger partial charge on any atom is 0.240 e. The number of rotatable bonds is 19. The summed E-state index contributed by atoms with van der Waals surface area (Å²) in [7, 11) is 1.56. The quantitative estimate of drug-likeness (QED) is 0.139. The fraction of sp³-hybridized carbons (Fsp3) is 0.692. The first-order valence-electron chi connectivity index (χ1n) is 12.4. The van der Waals surface area contributed by atoms with Crippen LogP contribution in [0.2, 0.25) is 0 Å². The van der Waals surface area contributed by atoms with E-state index in [4.69, 9.17) is 4.74 Å². The molecular weight excluding hydrogens is 388 g/mol. The normalized spacial score (nSPS) is 11.2. The highest BCUT2D eigenvalue weighted by Gasteiger charge is 2.02. The minimum absolute atomic E-state index is 0.0895. The van der Waals surface area contributed by atoms with Crippen molar-refractivity contribution in [2.24, 2.45) is 5.10 Å². The van der Waals surface area contributed by atoms with Gasteiger partial charge < -0.3 is 9.84 Å². The zero-order valence-corrected chi connectivity index (χ0v) is 19.8. The number of nitrogens with zero attached hydrogens (tertiary/aromatic N) is 1. The van der Waals surface area contributed by atoms with Gasteiger partial charge in [-0.2, -0.15) is 5.10 Å². The molecule has 0 aliphatic carbocycles. The zero-order chi connectivity index (χ0) is 22.6. The molecule has 0 aliphatic heterocycles. The number of unbranched alkanes of at least 4 members (excludes halogenated alkanes) is 14. The molecule has 0 bridgehead atoms. The van der Waals surface area contributed by atoms with Crippen molar-refractivity contribution in [1.29, 1.82) is 0 Å². The van der Waals surface area contributed by atoms with E-state index in [-0.39, 0.29) is 11.7 Å². The van der Waals surface area contributed by atoms with Crippen LogP contribution < -0.4 is 10.2 Å². The standard InChI is InChI=1S/C26H44N2O3/c1-3-4-5-6-7-8-9-10-11-12-13-14-15-16-17-18-26(30)28-27-22-23-21-24(31-2)19-20-25(23)29/h19-22,29H,3-18H2,1-2H3,(H,28,30)/b27-22-. The van der Waals surface area contributed by atoms with Crippen LogP contribution >= 0.6 is 0 Å². The van der Waals surface area contributed by atoms with Crippen molar-refractivity contribution in [2.75, 3.05) is 7.11 Å². The molecular formula is C26H44N2O3. The van der Waals surface area contributed by atoms with Gasteiger partial charge in [-0.1, -0.05) is 96.8 Å². The van der Waals surface area contributed by atoms with E-state index in [0.29, 0.717) is 17.7 Å². The topological polar surface area (TPSA) is 70.9 Å². The van der Waals surface area contributed by atoms with Gasteiger partial charge in [0.2, 0.25) is 5.91 Å². The van der Waals surface area contributed by atoms with Gasteiger partial charge in [0.15, 0.2) is 0 Å². The Bertz CT molecular complexity index is 617. The molecule has 2 N–H and O–H groups in total. The third-order valence-electron chi connectivity index (χ3n) is 5.63. The van der Waals surface area contributed by atoms with Crippen molar-refractivity contribution in [1.82, 2.24) is 5.43 Å². The van der Waals surface area contributed by atoms with Crippen LogP contribution in [0, 0.1) is 0 Å². The number of hydrazone groups is 1. The SMILES string of the molecule is CCCCCCCCCCCCCCCCCC(=O)N/N=C\c1cc(OC)ccc1O. The molecule has 0 saturated heterocycles. The lowest BCUT2D eigenvalue weighted by atomic mass is 10.0. The summed E-state index contributed by atoms with van der Waals surface area (Å²) in [6, 6.07) is 4.87. The number of phenolic OH excluding ortho intramolecular Hbond substituents is 1. The van der Waals surface area contributed by atoms with Gasteiger partial charge in [-0.3, -0.25) is 4.79 Å². The predicted octanol–water partition coefficient (Wildman–Crippen LogP) is 7.11. The van der Waals surface area contributed by atoms with Crippen LogP contribution in [-0.4, -0.2) is 24.3 Å². The fourth-order valence-electron chi connectivity index (χ4n) is 3.65. The zero-order valence-electron chi connectivity index (χ0n) is 19.8. The van der Waals surface area contributed by atoms with Gasteiger partial charge in [0.05, 0.1) is 13.3 Å². The van der Waals surface area contributed by atoms with Gasteiger partial charge in [-0.05, 0) is 24.6 Å². The average Bonchev–Trinajstić information content (AvgIpc) is 2.77. The largest absolute Gasteiger partial charge is 0.507 e. The molecule has 5 heteroatoms. The van der Waals surface area contributed by atoms with Gasteiger partial charge in [-0.25, -0.2) is 5.43 Å². The molecule has 0 aliphatic rings. The highest BCUT2D eigenvalue weighted by Crippen LogP contribution is 2.21. The number of aromatic hydroxyl groups is 1. The second kappa shape index (κ2) is 18.7. The molecule has 1 aromatic carbocycles. The minimum Gasteiger partial charge on any atom is -0.507 e. The van der Waals surface area contributed by atoms with Crippen molar-refractivity contribution in [2.45, 2.75) is 110 Å². The first kappa shape index (κ1) is 27.0. The minimum atomic E-state index is -0.0895. The van der Waals surface area contributed by atoms with Crippen molar-refractivity contribution < 1.29 is 14.6 Å². The summed E-state index contributed by atoms with van der Waals surface area (Å²) in [6.07, 6.45) is 21.6. The van der Waals surface area contributed by atoms with Crippen LogP contribution in [0.5, 0.6) is 11.5 Å². The summed E-state index contributed by atoms with van der Waals surface area (Å²) in [5.74, 6) is 0.637. The Kier molecular flexibility index (Phi) is 16.3. The molecule has 31 heavy (non-hydrogen) atoms. The monoisotopic (exact) mass is 432 g/mol. The van der Waals surface area contributed by atoms with E-state index in [1.165, 1.54) is 95.8 Å². The molecule has 0 saturated carbocycles. The highest BCUT2D eigenvalue weighted by atomic mass is 16.5. The number of ether oxygens (including phenoxy) is 1. The first-order valence-corrected chi connectivity index (χ1v) is 12.4. The Morgan fingerprint density at radius 3 is 1.94 bits per heavy atom. The predicted molar refractivity (Wildman–Crippen MR) is 130 cm³/mol. The molecule has 176 valence electrons. The van der Waals surface area contributed by atoms with E-state index >= 15 is 0 Å². The van der Waals surface area contributed by atoms with E-state index in [0.717, 1.165) is 12.8 Å². The molecule has 1 aromatic rings. The lowest BCUT2D eigenvalue weighted by Crippen LogP contribution is -2.16. The fourth-order valence-corrected chi connectivity index (χ4v) is 3.65. The number of hydrogen-bond donors (Lipinski definition) is 2. The number of benzene rings is 1. The van der Waals surface area contributed by atoms with Crippen molar-refractivity contribution >= 4 is 12.1 Å². The maximum atomic E-state index is 11.9. The van der Waals surface area contributed by atoms with Crippen LogP contribution in [0.1, 0.15) is 115 Å². The summed E-state index contributed by atoms with van der Waals surface area (Å²) < 4.78 is 5.11. The molecule has 0 fully saturated rings. The van der Waals surface area contributed by atoms with E-state index in [2.05, 4.69) is 17.5 Å². The van der Waals surface area contributed by atoms with Crippen LogP contribution in [0.4, 0.5) is 0 Å². The molecule has 1 rings (SSSR count). The number of phenols is 1. The molecule has 0 spiro atoms. The van der Waals surface area contributed by atoms with Crippen LogP contribution in [0.25, 0.3) is 0 Å². The van der Waals surface area contributed by atoms with Crippen molar-refractivity contribution in [3.63, 3.8) is 0 Å². The summed E-state index contributed by atoms with van der Waals surface area (Å²) in [6.45, 7) is 2.27. The van der Waals surface area contributed by atoms with Gasteiger partial charge in [0, 0.05) is 12.0 Å². The molecule has 5 nitrogen and oxygen atoms in total. The molecule has 0 radical (unpaired) electrons. The van der Waals surface area contributed by atoms with E-state index in [1.54, 1.807) is 19.2 Å². The number of amides is 1. The number of methoxy groups -OCH3 is 1. The number of nitrogens with one attached hydrogen (secondary N) is 1. The summed E-state index contributed by atoms with van der Waals surface area (Å²) in [5, 5.41) is 13.7. The van der Waals surface area contributed by atoms with Crippen molar-refractivity contribution in [3.05, 3.63) is 23.8 Å². The first-order chi connectivity index (χ1) is 15.2. The third kappa shape index (κ3) is 14.6. The number of hydrogen-bond acceptors (Lipinski definition) is 4. The molecule has 0 aromatic heterocycles. The Morgan fingerprint density at radius 1 is 0.903 bits per heavy atom. The van der Waals surface area contributed by atoms with Crippen LogP contribution in [0.3, 0.4) is 0 Å². The van der Waals surface area contributed by atoms with E-state index in [1.807, 2.05) is 0 Å². The number of carbonyl (C=O) groups is 1. The number of carbonyl (C=O) groups excluding carboxylic acids is 1. The average molecular weight is 433 g/mol. The maximum absolute atomic E-state index is 11.9. The lowest BCUT2D eigenvalue weighted by molar-refractivity contribution is -0.121. The van der Waals surface area contributed by atoms with E-state index < -0.39 is 0 Å². The van der Waals surface area contributed by atoms with Crippen molar-refractivity contribution in [3.8, 4) is 11.5 Å². The van der Waals surface area contributed by atoms with Crippen LogP contribution in [0.15, 0.2) is 23.3 Å². The lowest BCUT2D eigenvalue weighted by Gasteiger charge is -2.04. The van der Waals surface area contributed by atoms with Gasteiger partial charge in [-0.15, -0.1) is 0 Å². The smallest absolute Gasteiger partial charge is 0.240 e. The Balaban J connectivity index is 1.93. The highest BCUT2D eigenvalue weighted by molar-refractivity contribution is 5.85. The van der Waals surface area contributed by atoms with E-state index in [9.17, 15) is 9.90 Å². The second-order valence-corrected chi connectivity index (χ2v) is 8.42. The third-order valence-corrected chi connectivity index (χ3v) is 5.63. The summed E-state index contributed by atoms with van der Waals surface area (Å²) >= 11 is 0. The molecule has 0 unspecified atom stereocenters. The van der Waals surface area contributed by atoms with Gasteiger partial charge >= 0.3 is 0 Å². The molecule has 0 heterocycles. The second-order valence-electron chi connectivity index (χ2n) is 8.42. The van der Waals surface area contributed by atoms with Gasteiger partial charge in [0.1, 0.15) is 11.5 Å².